The summed E-state index contributed by atoms with van der Waals surface area (Å²) in [5.74, 6) is 1.18. The van der Waals surface area contributed by atoms with Crippen LogP contribution in [-0.4, -0.2) is 17.8 Å². The van der Waals surface area contributed by atoms with Crippen LogP contribution in [0.3, 0.4) is 0 Å². The van der Waals surface area contributed by atoms with Gasteiger partial charge in [0.25, 0.3) is 0 Å². The Bertz CT molecular complexity index is 897. The molecule has 4 rings (SSSR count). The molecule has 0 heterocycles. The van der Waals surface area contributed by atoms with Crippen LogP contribution in [0.5, 0.6) is 11.5 Å². The van der Waals surface area contributed by atoms with Gasteiger partial charge in [0, 0.05) is 18.2 Å². The highest BCUT2D eigenvalue weighted by Crippen LogP contribution is 2.60. The summed E-state index contributed by atoms with van der Waals surface area (Å²) in [7, 11) is 0. The van der Waals surface area contributed by atoms with E-state index in [2.05, 4.69) is 4.72 Å². The van der Waals surface area contributed by atoms with Crippen LogP contribution in [0.25, 0.3) is 0 Å². The zero-order valence-corrected chi connectivity index (χ0v) is 18.8. The van der Waals surface area contributed by atoms with Gasteiger partial charge in [-0.3, -0.25) is 4.79 Å². The maximum Gasteiger partial charge on any atom is 0.229 e. The number of ether oxygens (including phenoxy) is 2. The van der Waals surface area contributed by atoms with Gasteiger partial charge in [0.05, 0.1) is 12.2 Å². The number of amides is 1. The summed E-state index contributed by atoms with van der Waals surface area (Å²) in [6, 6.07) is 14.1. The van der Waals surface area contributed by atoms with E-state index in [4.69, 9.17) is 9.47 Å². The molecule has 0 spiro atoms. The molecule has 6 heteroatoms. The van der Waals surface area contributed by atoms with Crippen molar-refractivity contribution in [3.8, 4) is 11.5 Å². The third-order valence-electron chi connectivity index (χ3n) is 6.77. The van der Waals surface area contributed by atoms with Crippen molar-refractivity contribution in [1.82, 2.24) is 4.72 Å². The standard InChI is InChI=1S/C25H30FNO3S/c1-31-27-23(28)8-5-11-24-12-14-25(18-24,15-13-24)29-17-19-16-20(26)9-10-22(19)30-21-6-3-2-4-7-21/h2-4,6-7,9-10,16H,5,8,11-15,17-18H2,1H3,(H,27,28). The van der Waals surface area contributed by atoms with Crippen LogP contribution in [0.1, 0.15) is 56.9 Å². The largest absolute Gasteiger partial charge is 0.457 e. The number of halogens is 1. The van der Waals surface area contributed by atoms with Gasteiger partial charge in [0.1, 0.15) is 17.3 Å². The smallest absolute Gasteiger partial charge is 0.229 e. The molecule has 2 aromatic rings. The summed E-state index contributed by atoms with van der Waals surface area (Å²) in [6.45, 7) is 0.339. The Hall–Kier alpha value is -2.05. The molecule has 0 saturated heterocycles. The van der Waals surface area contributed by atoms with E-state index in [9.17, 15) is 9.18 Å². The second kappa shape index (κ2) is 9.61. The lowest BCUT2D eigenvalue weighted by atomic mass is 9.80. The zero-order valence-electron chi connectivity index (χ0n) is 18.0. The predicted molar refractivity (Wildman–Crippen MR) is 121 cm³/mol. The van der Waals surface area contributed by atoms with Crippen LogP contribution in [-0.2, 0) is 16.1 Å². The van der Waals surface area contributed by atoms with Crippen LogP contribution in [0.15, 0.2) is 48.5 Å². The first kappa shape index (κ1) is 22.2. The summed E-state index contributed by atoms with van der Waals surface area (Å²) in [4.78, 5) is 11.7. The van der Waals surface area contributed by atoms with E-state index in [1.165, 1.54) is 24.1 Å². The molecule has 2 fully saturated rings. The number of benzene rings is 2. The van der Waals surface area contributed by atoms with Gasteiger partial charge in [-0.05, 0) is 80.7 Å². The predicted octanol–water partition coefficient (Wildman–Crippen LogP) is 6.40. The third kappa shape index (κ3) is 5.42. The van der Waals surface area contributed by atoms with Gasteiger partial charge >= 0.3 is 0 Å². The van der Waals surface area contributed by atoms with Crippen molar-refractivity contribution < 1.29 is 18.7 Å². The number of carbonyl (C=O) groups is 1. The quantitative estimate of drug-likeness (QED) is 0.432. The lowest BCUT2D eigenvalue weighted by Crippen LogP contribution is -2.26. The Kier molecular flexibility index (Phi) is 6.87. The molecule has 2 aliphatic rings. The molecule has 4 nitrogen and oxygen atoms in total. The van der Waals surface area contributed by atoms with Crippen LogP contribution in [0.2, 0.25) is 0 Å². The fourth-order valence-electron chi connectivity index (χ4n) is 5.20. The average Bonchev–Trinajstić information content (AvgIpc) is 3.31. The van der Waals surface area contributed by atoms with Crippen molar-refractivity contribution in [3.05, 3.63) is 59.9 Å². The average molecular weight is 444 g/mol. The van der Waals surface area contributed by atoms with Crippen LogP contribution < -0.4 is 9.46 Å². The number of rotatable bonds is 10. The number of para-hydroxylation sites is 1. The second-order valence-corrected chi connectivity index (χ2v) is 9.51. The lowest BCUT2D eigenvalue weighted by Gasteiger charge is -2.28. The van der Waals surface area contributed by atoms with Gasteiger partial charge in [0.15, 0.2) is 0 Å². The van der Waals surface area contributed by atoms with Gasteiger partial charge in [-0.15, -0.1) is 0 Å². The van der Waals surface area contributed by atoms with E-state index in [1.807, 2.05) is 36.6 Å². The molecule has 0 unspecified atom stereocenters. The SMILES string of the molecule is CSNC(=O)CCCC12CCC(OCc3cc(F)ccc3Oc3ccccc3)(CC1)C2. The Morgan fingerprint density at radius 3 is 2.65 bits per heavy atom. The number of nitrogens with one attached hydrogen (secondary N) is 1. The molecule has 0 radical (unpaired) electrons. The highest BCUT2D eigenvalue weighted by molar-refractivity contribution is 7.97. The molecular weight excluding hydrogens is 413 g/mol. The Balaban J connectivity index is 1.36. The molecule has 0 aromatic heterocycles. The Labute approximate surface area is 188 Å². The van der Waals surface area contributed by atoms with Crippen molar-refractivity contribution in [3.63, 3.8) is 0 Å². The van der Waals surface area contributed by atoms with Crippen molar-refractivity contribution in [2.45, 2.75) is 63.6 Å². The number of hydrogen-bond donors (Lipinski definition) is 1. The first-order valence-corrected chi connectivity index (χ1v) is 12.2. The molecule has 2 bridgehead atoms. The molecule has 2 saturated carbocycles. The van der Waals surface area contributed by atoms with Crippen molar-refractivity contribution in [2.24, 2.45) is 5.41 Å². The zero-order chi connectivity index (χ0) is 21.7. The molecule has 0 aliphatic heterocycles. The number of hydrogen-bond acceptors (Lipinski definition) is 4. The van der Waals surface area contributed by atoms with Gasteiger partial charge < -0.3 is 14.2 Å². The van der Waals surface area contributed by atoms with Gasteiger partial charge in [-0.1, -0.05) is 30.1 Å². The molecule has 2 aromatic carbocycles. The molecule has 166 valence electrons. The number of fused-ring (bicyclic) bond motifs is 2. The van der Waals surface area contributed by atoms with Gasteiger partial charge in [-0.2, -0.15) is 0 Å². The van der Waals surface area contributed by atoms with E-state index in [0.717, 1.165) is 56.3 Å². The minimum absolute atomic E-state index is 0.111. The van der Waals surface area contributed by atoms with Gasteiger partial charge in [0.2, 0.25) is 5.91 Å². The lowest BCUT2D eigenvalue weighted by molar-refractivity contribution is -0.119. The highest BCUT2D eigenvalue weighted by Gasteiger charge is 2.54. The van der Waals surface area contributed by atoms with Crippen LogP contribution in [0, 0.1) is 11.2 Å². The third-order valence-corrected chi connectivity index (χ3v) is 7.21. The fraction of sp³-hybridized carbons (Fsp3) is 0.480. The van der Waals surface area contributed by atoms with Crippen LogP contribution in [0.4, 0.5) is 4.39 Å². The topological polar surface area (TPSA) is 47.6 Å². The minimum Gasteiger partial charge on any atom is -0.457 e. The molecule has 1 amide bonds. The van der Waals surface area contributed by atoms with E-state index < -0.39 is 0 Å². The van der Waals surface area contributed by atoms with Crippen molar-refractivity contribution in [1.29, 1.82) is 0 Å². The van der Waals surface area contributed by atoms with Gasteiger partial charge in [-0.25, -0.2) is 4.39 Å². The molecule has 0 atom stereocenters. The fourth-order valence-corrected chi connectivity index (χ4v) is 5.53. The van der Waals surface area contributed by atoms with Crippen LogP contribution >= 0.6 is 11.9 Å². The van der Waals surface area contributed by atoms with E-state index in [1.54, 1.807) is 6.07 Å². The normalized spacial score (nSPS) is 24.3. The Morgan fingerprint density at radius 2 is 1.90 bits per heavy atom. The first-order valence-electron chi connectivity index (χ1n) is 11.0. The van der Waals surface area contributed by atoms with Crippen molar-refractivity contribution in [2.75, 3.05) is 6.26 Å². The first-order chi connectivity index (χ1) is 15.0. The molecule has 1 N–H and O–H groups in total. The molecule has 2 aliphatic carbocycles. The summed E-state index contributed by atoms with van der Waals surface area (Å²) in [5, 5.41) is 0. The minimum atomic E-state index is -0.285. The summed E-state index contributed by atoms with van der Waals surface area (Å²) in [6.07, 6.45) is 9.84. The molecular formula is C25H30FNO3S. The number of carbonyl (C=O) groups excluding carboxylic acids is 1. The Morgan fingerprint density at radius 1 is 1.13 bits per heavy atom. The molecule has 31 heavy (non-hydrogen) atoms. The van der Waals surface area contributed by atoms with E-state index in [-0.39, 0.29) is 17.3 Å². The monoisotopic (exact) mass is 443 g/mol. The summed E-state index contributed by atoms with van der Waals surface area (Å²) in [5.41, 5.74) is 0.902. The van der Waals surface area contributed by atoms with E-state index in [0.29, 0.717) is 24.2 Å². The maximum absolute atomic E-state index is 13.9. The van der Waals surface area contributed by atoms with E-state index >= 15 is 0 Å². The summed E-state index contributed by atoms with van der Waals surface area (Å²) >= 11 is 1.36. The second-order valence-electron chi connectivity index (χ2n) is 8.90. The maximum atomic E-state index is 13.9. The van der Waals surface area contributed by atoms with Crippen molar-refractivity contribution >= 4 is 17.9 Å². The summed E-state index contributed by atoms with van der Waals surface area (Å²) < 4.78 is 29.2. The highest BCUT2D eigenvalue weighted by atomic mass is 32.2.